The van der Waals surface area contributed by atoms with Gasteiger partial charge in [-0.1, -0.05) is 37.6 Å². The topological polar surface area (TPSA) is 26.0 Å². The molecule has 0 spiro atoms. The lowest BCUT2D eigenvalue weighted by atomic mass is 9.73. The first kappa shape index (κ1) is 12.6. The summed E-state index contributed by atoms with van der Waals surface area (Å²) < 4.78 is 0. The van der Waals surface area contributed by atoms with Crippen molar-refractivity contribution in [2.24, 2.45) is 11.7 Å². The number of hydrogen-bond donors (Lipinski definition) is 1. The van der Waals surface area contributed by atoms with Crippen LogP contribution in [0.5, 0.6) is 0 Å². The molecule has 1 aromatic rings. The van der Waals surface area contributed by atoms with Crippen molar-refractivity contribution >= 4 is 0 Å². The average Bonchev–Trinajstić information content (AvgIpc) is 2.33. The first-order valence-electron chi connectivity index (χ1n) is 6.96. The van der Waals surface area contributed by atoms with Crippen LogP contribution >= 0.6 is 0 Å². The van der Waals surface area contributed by atoms with E-state index in [2.05, 4.69) is 38.1 Å². The van der Waals surface area contributed by atoms with Gasteiger partial charge in [-0.2, -0.15) is 0 Å². The molecule has 0 radical (unpaired) electrons. The lowest BCUT2D eigenvalue weighted by Crippen LogP contribution is -2.45. The number of benzene rings is 1. The molecule has 1 saturated carbocycles. The Morgan fingerprint density at radius 1 is 1.24 bits per heavy atom. The van der Waals surface area contributed by atoms with E-state index in [1.165, 1.54) is 43.2 Å². The molecule has 94 valence electrons. The summed E-state index contributed by atoms with van der Waals surface area (Å²) in [4.78, 5) is 0. The normalized spacial score (nSPS) is 29.2. The second kappa shape index (κ2) is 5.22. The molecule has 0 aromatic heterocycles. The second-order valence-electron chi connectivity index (χ2n) is 5.82. The highest BCUT2D eigenvalue weighted by atomic mass is 14.7. The average molecular weight is 231 g/mol. The highest BCUT2D eigenvalue weighted by Gasteiger charge is 2.31. The Labute approximate surface area is 105 Å². The fraction of sp³-hybridized carbons (Fsp3) is 0.625. The van der Waals surface area contributed by atoms with Crippen molar-refractivity contribution in [1.82, 2.24) is 0 Å². The van der Waals surface area contributed by atoms with Crippen LogP contribution in [0.15, 0.2) is 24.3 Å². The predicted molar refractivity (Wildman–Crippen MR) is 74.1 cm³/mol. The molecule has 1 aliphatic rings. The van der Waals surface area contributed by atoms with Gasteiger partial charge in [-0.05, 0) is 56.1 Å². The Balaban J connectivity index is 2.01. The third-order valence-corrected chi connectivity index (χ3v) is 4.48. The van der Waals surface area contributed by atoms with E-state index in [0.29, 0.717) is 0 Å². The van der Waals surface area contributed by atoms with Crippen LogP contribution in [0.4, 0.5) is 0 Å². The van der Waals surface area contributed by atoms with Crippen molar-refractivity contribution in [3.63, 3.8) is 0 Å². The van der Waals surface area contributed by atoms with Gasteiger partial charge in [0, 0.05) is 5.54 Å². The van der Waals surface area contributed by atoms with Crippen LogP contribution < -0.4 is 5.73 Å². The summed E-state index contributed by atoms with van der Waals surface area (Å²) >= 11 is 0. The molecule has 17 heavy (non-hydrogen) atoms. The lowest BCUT2D eigenvalue weighted by molar-refractivity contribution is 0.228. The standard InChI is InChI=1S/C16H25N/c1-3-14-8-10-16(17,11-9-14)12-15-7-5-4-6-13(15)2/h4-7,14H,3,8-12,17H2,1-2H3. The van der Waals surface area contributed by atoms with Crippen LogP contribution in [0, 0.1) is 12.8 Å². The molecular formula is C16H25N. The SMILES string of the molecule is CCC1CCC(N)(Cc2ccccc2C)CC1. The molecule has 2 N–H and O–H groups in total. The zero-order chi connectivity index (χ0) is 12.3. The Kier molecular flexibility index (Phi) is 3.88. The van der Waals surface area contributed by atoms with E-state index in [1.807, 2.05) is 0 Å². The number of aryl methyl sites for hydroxylation is 1. The van der Waals surface area contributed by atoms with Gasteiger partial charge in [0.1, 0.15) is 0 Å². The summed E-state index contributed by atoms with van der Waals surface area (Å²) in [6.07, 6.45) is 7.40. The number of rotatable bonds is 3. The van der Waals surface area contributed by atoms with Gasteiger partial charge in [-0.25, -0.2) is 0 Å². The summed E-state index contributed by atoms with van der Waals surface area (Å²) in [6, 6.07) is 8.66. The summed E-state index contributed by atoms with van der Waals surface area (Å²) in [5, 5.41) is 0. The molecule has 0 saturated heterocycles. The van der Waals surface area contributed by atoms with Gasteiger partial charge >= 0.3 is 0 Å². The highest BCUT2D eigenvalue weighted by molar-refractivity contribution is 5.27. The molecule has 1 aliphatic carbocycles. The first-order valence-corrected chi connectivity index (χ1v) is 6.96. The fourth-order valence-electron chi connectivity index (χ4n) is 3.03. The third kappa shape index (κ3) is 3.10. The summed E-state index contributed by atoms with van der Waals surface area (Å²) in [6.45, 7) is 4.49. The van der Waals surface area contributed by atoms with Gasteiger partial charge in [0.15, 0.2) is 0 Å². The van der Waals surface area contributed by atoms with Crippen molar-refractivity contribution in [2.45, 2.75) is 57.9 Å². The van der Waals surface area contributed by atoms with Crippen molar-refractivity contribution in [2.75, 3.05) is 0 Å². The Morgan fingerprint density at radius 2 is 1.88 bits per heavy atom. The summed E-state index contributed by atoms with van der Waals surface area (Å²) in [5.41, 5.74) is 9.45. The predicted octanol–water partition coefficient (Wildman–Crippen LogP) is 3.84. The number of nitrogens with two attached hydrogens (primary N) is 1. The summed E-state index contributed by atoms with van der Waals surface area (Å²) in [7, 11) is 0. The van der Waals surface area contributed by atoms with E-state index >= 15 is 0 Å². The van der Waals surface area contributed by atoms with Gasteiger partial charge in [-0.3, -0.25) is 0 Å². The molecule has 0 unspecified atom stereocenters. The van der Waals surface area contributed by atoms with Crippen LogP contribution in [-0.2, 0) is 6.42 Å². The summed E-state index contributed by atoms with van der Waals surface area (Å²) in [5.74, 6) is 0.920. The van der Waals surface area contributed by atoms with Crippen molar-refractivity contribution in [3.05, 3.63) is 35.4 Å². The molecule has 2 rings (SSSR count). The minimum atomic E-state index is 0.0534. The minimum absolute atomic E-state index is 0.0534. The maximum absolute atomic E-state index is 6.58. The smallest absolute Gasteiger partial charge is 0.0195 e. The highest BCUT2D eigenvalue weighted by Crippen LogP contribution is 2.34. The van der Waals surface area contributed by atoms with Gasteiger partial charge < -0.3 is 5.73 Å². The minimum Gasteiger partial charge on any atom is -0.325 e. The van der Waals surface area contributed by atoms with Gasteiger partial charge in [0.05, 0.1) is 0 Å². The largest absolute Gasteiger partial charge is 0.325 e. The maximum Gasteiger partial charge on any atom is 0.0195 e. The van der Waals surface area contributed by atoms with E-state index in [-0.39, 0.29) is 5.54 Å². The monoisotopic (exact) mass is 231 g/mol. The van der Waals surface area contributed by atoms with E-state index in [1.54, 1.807) is 0 Å². The maximum atomic E-state index is 6.58. The lowest BCUT2D eigenvalue weighted by Gasteiger charge is -2.37. The van der Waals surface area contributed by atoms with Gasteiger partial charge in [-0.15, -0.1) is 0 Å². The molecule has 0 aliphatic heterocycles. The molecule has 0 amide bonds. The van der Waals surface area contributed by atoms with E-state index in [9.17, 15) is 0 Å². The van der Waals surface area contributed by atoms with E-state index < -0.39 is 0 Å². The molecule has 0 heterocycles. The first-order chi connectivity index (χ1) is 8.13. The zero-order valence-electron chi connectivity index (χ0n) is 11.2. The van der Waals surface area contributed by atoms with Crippen LogP contribution in [-0.4, -0.2) is 5.54 Å². The van der Waals surface area contributed by atoms with Crippen LogP contribution in [0.1, 0.15) is 50.2 Å². The van der Waals surface area contributed by atoms with Crippen LogP contribution in [0.2, 0.25) is 0 Å². The Bertz CT molecular complexity index is 362. The molecular weight excluding hydrogens is 206 g/mol. The quantitative estimate of drug-likeness (QED) is 0.840. The third-order valence-electron chi connectivity index (χ3n) is 4.48. The van der Waals surface area contributed by atoms with Crippen molar-refractivity contribution in [3.8, 4) is 0 Å². The number of hydrogen-bond acceptors (Lipinski definition) is 1. The zero-order valence-corrected chi connectivity index (χ0v) is 11.2. The molecule has 1 aromatic carbocycles. The molecule has 0 bridgehead atoms. The Hall–Kier alpha value is -0.820. The molecule has 1 fully saturated rings. The fourth-order valence-corrected chi connectivity index (χ4v) is 3.03. The van der Waals surface area contributed by atoms with Crippen LogP contribution in [0.25, 0.3) is 0 Å². The van der Waals surface area contributed by atoms with Crippen molar-refractivity contribution in [1.29, 1.82) is 0 Å². The van der Waals surface area contributed by atoms with Crippen LogP contribution in [0.3, 0.4) is 0 Å². The molecule has 1 heteroatoms. The Morgan fingerprint density at radius 3 is 2.47 bits per heavy atom. The van der Waals surface area contributed by atoms with E-state index in [4.69, 9.17) is 5.73 Å². The van der Waals surface area contributed by atoms with Gasteiger partial charge in [0.25, 0.3) is 0 Å². The second-order valence-corrected chi connectivity index (χ2v) is 5.82. The van der Waals surface area contributed by atoms with Gasteiger partial charge in [0.2, 0.25) is 0 Å². The molecule has 1 nitrogen and oxygen atoms in total. The van der Waals surface area contributed by atoms with Crippen molar-refractivity contribution < 1.29 is 0 Å². The van der Waals surface area contributed by atoms with E-state index in [0.717, 1.165) is 12.3 Å². The molecule has 0 atom stereocenters.